The summed E-state index contributed by atoms with van der Waals surface area (Å²) in [5, 5.41) is 14.0. The smallest absolute Gasteiger partial charge is 0.176 e. The van der Waals surface area contributed by atoms with Crippen LogP contribution in [0.15, 0.2) is 81.5 Å². The molecule has 0 atom stereocenters. The van der Waals surface area contributed by atoms with E-state index in [1.165, 1.54) is 0 Å². The number of rotatable bonds is 3. The van der Waals surface area contributed by atoms with Gasteiger partial charge in [-0.1, -0.05) is 18.2 Å². The standard InChI is InChI=1S/C15H13N7O/c16-15-14(20-18-11-4-2-1-3-5-11)13(19-21-15)10-6-7-22-12(8-10)9-17-23-22/h1-9,17-18H,(H2,16,20,21). The molecule has 4 N–H and O–H groups in total. The van der Waals surface area contributed by atoms with Crippen LogP contribution in [0.25, 0.3) is 0 Å². The number of para-hydroxylation sites is 1. The van der Waals surface area contributed by atoms with Crippen LogP contribution in [0.5, 0.6) is 0 Å². The first-order valence-corrected chi connectivity index (χ1v) is 6.94. The number of allylic oxidation sites excluding steroid dienone is 3. The van der Waals surface area contributed by atoms with Crippen molar-refractivity contribution >= 4 is 22.9 Å². The van der Waals surface area contributed by atoms with Crippen molar-refractivity contribution in [3.8, 4) is 0 Å². The van der Waals surface area contributed by atoms with Gasteiger partial charge < -0.3 is 5.73 Å². The van der Waals surface area contributed by atoms with Crippen LogP contribution in [-0.2, 0) is 4.94 Å². The highest BCUT2D eigenvalue weighted by Crippen LogP contribution is 2.22. The van der Waals surface area contributed by atoms with Gasteiger partial charge in [-0.05, 0) is 24.3 Å². The average Bonchev–Trinajstić information content (AvgIpc) is 3.19. The first-order valence-electron chi connectivity index (χ1n) is 6.94. The number of hydrazone groups is 1. The molecule has 8 heteroatoms. The number of hydrogen-bond donors (Lipinski definition) is 3. The van der Waals surface area contributed by atoms with E-state index in [0.717, 1.165) is 17.0 Å². The summed E-state index contributed by atoms with van der Waals surface area (Å²) >= 11 is 0. The van der Waals surface area contributed by atoms with Gasteiger partial charge in [0.2, 0.25) is 0 Å². The van der Waals surface area contributed by atoms with Crippen molar-refractivity contribution < 1.29 is 4.94 Å². The maximum atomic E-state index is 5.90. The van der Waals surface area contributed by atoms with Gasteiger partial charge in [-0.25, -0.2) is 10.5 Å². The summed E-state index contributed by atoms with van der Waals surface area (Å²) in [7, 11) is 0. The van der Waals surface area contributed by atoms with Gasteiger partial charge in [0.15, 0.2) is 11.5 Å². The molecule has 3 heterocycles. The Balaban J connectivity index is 1.60. The second-order valence-corrected chi connectivity index (χ2v) is 4.89. The lowest BCUT2D eigenvalue weighted by Crippen LogP contribution is -2.29. The predicted octanol–water partition coefficient (Wildman–Crippen LogP) is 1.23. The Morgan fingerprint density at radius 1 is 1.22 bits per heavy atom. The largest absolute Gasteiger partial charge is 0.380 e. The van der Waals surface area contributed by atoms with E-state index >= 15 is 0 Å². The number of anilines is 1. The molecule has 0 saturated carbocycles. The molecule has 0 bridgehead atoms. The van der Waals surface area contributed by atoms with E-state index in [4.69, 9.17) is 10.7 Å². The van der Waals surface area contributed by atoms with Crippen molar-refractivity contribution in [2.45, 2.75) is 0 Å². The number of nitrogens with zero attached hydrogens (tertiary/aromatic N) is 4. The summed E-state index contributed by atoms with van der Waals surface area (Å²) < 4.78 is 0. The van der Waals surface area contributed by atoms with E-state index < -0.39 is 0 Å². The molecule has 114 valence electrons. The van der Waals surface area contributed by atoms with Crippen molar-refractivity contribution in [3.63, 3.8) is 0 Å². The second kappa shape index (κ2) is 5.43. The Bertz CT molecular complexity index is 817. The number of fused-ring (bicyclic) bond motifs is 1. The van der Waals surface area contributed by atoms with Crippen molar-refractivity contribution in [2.24, 2.45) is 21.0 Å². The van der Waals surface area contributed by atoms with Crippen molar-refractivity contribution in [1.82, 2.24) is 10.5 Å². The summed E-state index contributed by atoms with van der Waals surface area (Å²) in [6, 6.07) is 9.60. The Labute approximate surface area is 131 Å². The molecule has 0 spiro atoms. The van der Waals surface area contributed by atoms with E-state index in [1.54, 1.807) is 17.5 Å². The van der Waals surface area contributed by atoms with Crippen LogP contribution in [0.4, 0.5) is 5.69 Å². The Kier molecular flexibility index (Phi) is 3.13. The van der Waals surface area contributed by atoms with Gasteiger partial charge in [0.05, 0.1) is 17.6 Å². The minimum atomic E-state index is 0.273. The molecule has 4 rings (SSSR count). The highest BCUT2D eigenvalue weighted by molar-refractivity contribution is 6.72. The molecule has 0 aromatic heterocycles. The fraction of sp³-hybridized carbons (Fsp3) is 0. The normalized spacial score (nSPS) is 20.5. The molecule has 0 radical (unpaired) electrons. The fourth-order valence-electron chi connectivity index (χ4n) is 2.24. The predicted molar refractivity (Wildman–Crippen MR) is 87.9 cm³/mol. The minimum Gasteiger partial charge on any atom is -0.380 e. The lowest BCUT2D eigenvalue weighted by atomic mass is 10.0. The van der Waals surface area contributed by atoms with E-state index in [9.17, 15) is 0 Å². The lowest BCUT2D eigenvalue weighted by molar-refractivity contribution is -0.112. The molecule has 0 unspecified atom stereocenters. The van der Waals surface area contributed by atoms with E-state index in [0.29, 0.717) is 11.4 Å². The first kappa shape index (κ1) is 13.3. The summed E-state index contributed by atoms with van der Waals surface area (Å²) in [4.78, 5) is 5.14. The molecular weight excluding hydrogens is 294 g/mol. The summed E-state index contributed by atoms with van der Waals surface area (Å²) in [6.45, 7) is 0. The number of amidine groups is 1. The first-order chi connectivity index (χ1) is 11.3. The molecule has 1 aromatic carbocycles. The summed E-state index contributed by atoms with van der Waals surface area (Å²) in [5.41, 5.74) is 15.2. The minimum absolute atomic E-state index is 0.273. The van der Waals surface area contributed by atoms with Gasteiger partial charge in [0, 0.05) is 11.8 Å². The molecule has 0 saturated heterocycles. The van der Waals surface area contributed by atoms with Gasteiger partial charge in [-0.3, -0.25) is 5.43 Å². The van der Waals surface area contributed by atoms with Crippen LogP contribution in [0.3, 0.4) is 0 Å². The van der Waals surface area contributed by atoms with Crippen LogP contribution in [-0.4, -0.2) is 22.3 Å². The molecule has 0 amide bonds. The molecular formula is C15H13N7O. The second-order valence-electron chi connectivity index (χ2n) is 4.89. The van der Waals surface area contributed by atoms with Crippen LogP contribution in [0.2, 0.25) is 0 Å². The quantitative estimate of drug-likeness (QED) is 0.729. The highest BCUT2D eigenvalue weighted by atomic mass is 16.8. The van der Waals surface area contributed by atoms with E-state index in [-0.39, 0.29) is 5.84 Å². The van der Waals surface area contributed by atoms with Crippen LogP contribution >= 0.6 is 0 Å². The van der Waals surface area contributed by atoms with Gasteiger partial charge in [0.25, 0.3) is 0 Å². The van der Waals surface area contributed by atoms with Gasteiger partial charge in [0.1, 0.15) is 5.71 Å². The molecule has 0 aliphatic carbocycles. The Morgan fingerprint density at radius 2 is 2.09 bits per heavy atom. The van der Waals surface area contributed by atoms with Crippen LogP contribution < -0.4 is 16.6 Å². The Hall–Kier alpha value is -3.39. The molecule has 0 fully saturated rings. The molecule has 23 heavy (non-hydrogen) atoms. The molecule has 8 nitrogen and oxygen atoms in total. The molecule has 3 aliphatic heterocycles. The SMILES string of the molecule is NC1=NN=C(C2=CC3=CNON3C=C2)C1=NNc1ccccc1. The van der Waals surface area contributed by atoms with Gasteiger partial charge >= 0.3 is 0 Å². The number of benzene rings is 1. The number of hydroxylamine groups is 3. The van der Waals surface area contributed by atoms with E-state index in [2.05, 4.69) is 26.2 Å². The molecule has 3 aliphatic rings. The van der Waals surface area contributed by atoms with Crippen LogP contribution in [0, 0.1) is 0 Å². The third kappa shape index (κ3) is 2.47. The topological polar surface area (TPSA) is 99.6 Å². The zero-order valence-corrected chi connectivity index (χ0v) is 12.0. The summed E-state index contributed by atoms with van der Waals surface area (Å²) in [6.07, 6.45) is 7.28. The van der Waals surface area contributed by atoms with Crippen molar-refractivity contribution in [2.75, 3.05) is 5.43 Å². The Morgan fingerprint density at radius 3 is 2.96 bits per heavy atom. The maximum Gasteiger partial charge on any atom is 0.176 e. The maximum absolute atomic E-state index is 5.90. The van der Waals surface area contributed by atoms with Crippen molar-refractivity contribution in [1.29, 1.82) is 0 Å². The molecule has 1 aromatic rings. The van der Waals surface area contributed by atoms with Gasteiger partial charge in [-0.2, -0.15) is 10.0 Å². The number of nitrogens with one attached hydrogen (secondary N) is 2. The third-order valence-corrected chi connectivity index (χ3v) is 3.37. The zero-order chi connectivity index (χ0) is 15.6. The fourth-order valence-corrected chi connectivity index (χ4v) is 2.24. The monoisotopic (exact) mass is 307 g/mol. The zero-order valence-electron chi connectivity index (χ0n) is 12.0. The van der Waals surface area contributed by atoms with Gasteiger partial charge in [-0.15, -0.1) is 10.2 Å². The number of nitrogens with two attached hydrogens (primary N) is 1. The lowest BCUT2D eigenvalue weighted by Gasteiger charge is -2.17. The summed E-state index contributed by atoms with van der Waals surface area (Å²) in [5.74, 6) is 0.273. The van der Waals surface area contributed by atoms with Crippen LogP contribution in [0.1, 0.15) is 0 Å². The third-order valence-electron chi connectivity index (χ3n) is 3.37. The average molecular weight is 307 g/mol. The van der Waals surface area contributed by atoms with E-state index in [1.807, 2.05) is 42.5 Å². The highest BCUT2D eigenvalue weighted by Gasteiger charge is 2.26. The number of hydrogen-bond acceptors (Lipinski definition) is 8. The van der Waals surface area contributed by atoms with Crippen molar-refractivity contribution in [3.05, 3.63) is 66.2 Å².